The standard InChI is InChI=1S/C5H7NS.C2H6/c1-7-5-3-2-4-6-5;1-2/h2-4,6H,1H3;1-2H3. The van der Waals surface area contributed by atoms with Crippen molar-refractivity contribution in [2.45, 2.75) is 18.9 Å². The Balaban J connectivity index is 0.000000291. The summed E-state index contributed by atoms with van der Waals surface area (Å²) in [4.78, 5) is 3.05. The fourth-order valence-corrected chi connectivity index (χ4v) is 0.841. The van der Waals surface area contributed by atoms with Gasteiger partial charge in [0.15, 0.2) is 0 Å². The molecule has 0 aliphatic carbocycles. The summed E-state index contributed by atoms with van der Waals surface area (Å²) in [6, 6.07) is 4.04. The van der Waals surface area contributed by atoms with Crippen molar-refractivity contribution in [1.82, 2.24) is 4.98 Å². The molecule has 0 spiro atoms. The Bertz CT molecular complexity index is 123. The van der Waals surface area contributed by atoms with Crippen LogP contribution in [0.2, 0.25) is 0 Å². The first-order valence-corrected chi connectivity index (χ1v) is 4.33. The smallest absolute Gasteiger partial charge is 0.0718 e. The van der Waals surface area contributed by atoms with E-state index in [0.29, 0.717) is 0 Å². The fourth-order valence-electron chi connectivity index (χ4n) is 0.441. The van der Waals surface area contributed by atoms with Gasteiger partial charge in [0, 0.05) is 6.20 Å². The van der Waals surface area contributed by atoms with Gasteiger partial charge in [-0.1, -0.05) is 13.8 Å². The molecule has 0 amide bonds. The highest BCUT2D eigenvalue weighted by Crippen LogP contribution is 2.08. The quantitative estimate of drug-likeness (QED) is 0.598. The highest BCUT2D eigenvalue weighted by atomic mass is 32.2. The minimum Gasteiger partial charge on any atom is -0.357 e. The van der Waals surface area contributed by atoms with E-state index in [1.807, 2.05) is 38.4 Å². The molecule has 1 nitrogen and oxygen atoms in total. The monoisotopic (exact) mass is 143 g/mol. The second-order valence-electron chi connectivity index (χ2n) is 1.24. The van der Waals surface area contributed by atoms with E-state index in [9.17, 15) is 0 Å². The summed E-state index contributed by atoms with van der Waals surface area (Å²) in [5, 5.41) is 1.22. The number of nitrogens with one attached hydrogen (secondary N) is 1. The van der Waals surface area contributed by atoms with Gasteiger partial charge in [-0.25, -0.2) is 0 Å². The Labute approximate surface area is 60.9 Å². The van der Waals surface area contributed by atoms with E-state index < -0.39 is 0 Å². The van der Waals surface area contributed by atoms with Crippen molar-refractivity contribution in [2.75, 3.05) is 6.26 Å². The maximum atomic E-state index is 3.05. The van der Waals surface area contributed by atoms with E-state index in [1.54, 1.807) is 11.8 Å². The van der Waals surface area contributed by atoms with Gasteiger partial charge < -0.3 is 4.98 Å². The normalized spacial score (nSPS) is 7.89. The predicted molar refractivity (Wildman–Crippen MR) is 43.9 cm³/mol. The molecule has 0 aliphatic heterocycles. The van der Waals surface area contributed by atoms with Crippen molar-refractivity contribution in [3.05, 3.63) is 18.3 Å². The summed E-state index contributed by atoms with van der Waals surface area (Å²) in [6.07, 6.45) is 3.97. The van der Waals surface area contributed by atoms with Crippen LogP contribution in [0, 0.1) is 0 Å². The van der Waals surface area contributed by atoms with Gasteiger partial charge in [0.05, 0.1) is 5.03 Å². The van der Waals surface area contributed by atoms with Gasteiger partial charge in [-0.15, -0.1) is 11.8 Å². The zero-order valence-electron chi connectivity index (χ0n) is 6.14. The van der Waals surface area contributed by atoms with E-state index in [2.05, 4.69) is 4.98 Å². The first kappa shape index (κ1) is 8.63. The molecule has 2 heteroatoms. The van der Waals surface area contributed by atoms with E-state index in [1.165, 1.54) is 5.03 Å². The predicted octanol–water partition coefficient (Wildman–Crippen LogP) is 2.76. The Kier molecular flexibility index (Phi) is 5.52. The number of hydrogen-bond donors (Lipinski definition) is 1. The highest BCUT2D eigenvalue weighted by molar-refractivity contribution is 7.98. The molecule has 0 aliphatic rings. The topological polar surface area (TPSA) is 15.8 Å². The molecule has 1 heterocycles. The lowest BCUT2D eigenvalue weighted by Gasteiger charge is -1.81. The van der Waals surface area contributed by atoms with Gasteiger partial charge in [-0.05, 0) is 18.4 Å². The first-order valence-electron chi connectivity index (χ1n) is 3.11. The summed E-state index contributed by atoms with van der Waals surface area (Å²) < 4.78 is 0. The molecule has 0 saturated heterocycles. The second kappa shape index (κ2) is 5.76. The Morgan fingerprint density at radius 1 is 1.44 bits per heavy atom. The Hall–Kier alpha value is -0.370. The SMILES string of the molecule is CC.CSc1ccc[nH]1. The molecule has 1 rings (SSSR count). The zero-order chi connectivity index (χ0) is 7.11. The summed E-state index contributed by atoms with van der Waals surface area (Å²) in [5.41, 5.74) is 0. The third-order valence-electron chi connectivity index (χ3n) is 0.789. The largest absolute Gasteiger partial charge is 0.357 e. The third kappa shape index (κ3) is 3.25. The van der Waals surface area contributed by atoms with E-state index in [4.69, 9.17) is 0 Å². The number of aromatic nitrogens is 1. The maximum absolute atomic E-state index is 3.05. The Morgan fingerprint density at radius 2 is 2.11 bits per heavy atom. The second-order valence-corrected chi connectivity index (χ2v) is 2.09. The molecular formula is C7H13NS. The fraction of sp³-hybridized carbons (Fsp3) is 0.429. The highest BCUT2D eigenvalue weighted by Gasteiger charge is 1.81. The number of thioether (sulfide) groups is 1. The molecule has 0 fully saturated rings. The van der Waals surface area contributed by atoms with Crippen LogP contribution < -0.4 is 0 Å². The molecule has 0 saturated carbocycles. The minimum absolute atomic E-state index is 1.22. The molecule has 9 heavy (non-hydrogen) atoms. The molecule has 0 radical (unpaired) electrons. The third-order valence-corrected chi connectivity index (χ3v) is 1.48. The van der Waals surface area contributed by atoms with Crippen LogP contribution in [0.1, 0.15) is 13.8 Å². The summed E-state index contributed by atoms with van der Waals surface area (Å²) in [6.45, 7) is 4.00. The van der Waals surface area contributed by atoms with Crippen molar-refractivity contribution < 1.29 is 0 Å². The van der Waals surface area contributed by atoms with Crippen LogP contribution in [0.15, 0.2) is 23.4 Å². The molecule has 0 bridgehead atoms. The lowest BCUT2D eigenvalue weighted by molar-refractivity contribution is 1.21. The van der Waals surface area contributed by atoms with Gasteiger partial charge in [0.1, 0.15) is 0 Å². The molecule has 0 atom stereocenters. The lowest BCUT2D eigenvalue weighted by atomic mass is 10.7. The molecule has 0 aromatic carbocycles. The van der Waals surface area contributed by atoms with Crippen molar-refractivity contribution in [2.24, 2.45) is 0 Å². The number of aromatic amines is 1. The molecule has 0 unspecified atom stereocenters. The zero-order valence-corrected chi connectivity index (χ0v) is 6.96. The van der Waals surface area contributed by atoms with Gasteiger partial charge >= 0.3 is 0 Å². The van der Waals surface area contributed by atoms with Crippen LogP contribution in [0.4, 0.5) is 0 Å². The number of hydrogen-bond acceptors (Lipinski definition) is 1. The van der Waals surface area contributed by atoms with Crippen molar-refractivity contribution in [3.63, 3.8) is 0 Å². The van der Waals surface area contributed by atoms with E-state index in [0.717, 1.165) is 0 Å². The summed E-state index contributed by atoms with van der Waals surface area (Å²) >= 11 is 1.72. The number of H-pyrrole nitrogens is 1. The Morgan fingerprint density at radius 3 is 2.33 bits per heavy atom. The van der Waals surface area contributed by atoms with Crippen molar-refractivity contribution in [1.29, 1.82) is 0 Å². The van der Waals surface area contributed by atoms with Gasteiger partial charge in [0.2, 0.25) is 0 Å². The van der Waals surface area contributed by atoms with Gasteiger partial charge in [-0.2, -0.15) is 0 Å². The first-order chi connectivity index (χ1) is 4.43. The molecule has 1 aromatic heterocycles. The lowest BCUT2D eigenvalue weighted by Crippen LogP contribution is -1.59. The van der Waals surface area contributed by atoms with Crippen molar-refractivity contribution in [3.8, 4) is 0 Å². The van der Waals surface area contributed by atoms with Crippen LogP contribution in [0.5, 0.6) is 0 Å². The number of rotatable bonds is 1. The van der Waals surface area contributed by atoms with Crippen LogP contribution in [0.25, 0.3) is 0 Å². The van der Waals surface area contributed by atoms with Gasteiger partial charge in [0.25, 0.3) is 0 Å². The van der Waals surface area contributed by atoms with Gasteiger partial charge in [-0.3, -0.25) is 0 Å². The maximum Gasteiger partial charge on any atom is 0.0718 e. The van der Waals surface area contributed by atoms with Crippen LogP contribution in [-0.2, 0) is 0 Å². The van der Waals surface area contributed by atoms with Crippen LogP contribution in [0.3, 0.4) is 0 Å². The minimum atomic E-state index is 1.22. The molecular weight excluding hydrogens is 130 g/mol. The average molecular weight is 143 g/mol. The van der Waals surface area contributed by atoms with E-state index >= 15 is 0 Å². The van der Waals surface area contributed by atoms with Crippen LogP contribution >= 0.6 is 11.8 Å². The molecule has 52 valence electrons. The van der Waals surface area contributed by atoms with Crippen LogP contribution in [-0.4, -0.2) is 11.2 Å². The summed E-state index contributed by atoms with van der Waals surface area (Å²) in [7, 11) is 0. The van der Waals surface area contributed by atoms with E-state index in [-0.39, 0.29) is 0 Å². The molecule has 1 N–H and O–H groups in total. The van der Waals surface area contributed by atoms with Crippen molar-refractivity contribution >= 4 is 11.8 Å². The average Bonchev–Trinajstić information content (AvgIpc) is 2.43. The summed E-state index contributed by atoms with van der Waals surface area (Å²) in [5.74, 6) is 0. The molecule has 1 aromatic rings.